The molecule has 0 amide bonds. The van der Waals surface area contributed by atoms with E-state index in [4.69, 9.17) is 16.1 Å². The Morgan fingerprint density at radius 1 is 1.07 bits per heavy atom. The Labute approximate surface area is 175 Å². The summed E-state index contributed by atoms with van der Waals surface area (Å²) < 4.78 is 19.2. The molecule has 1 aromatic heterocycles. The van der Waals surface area contributed by atoms with E-state index in [9.17, 15) is 4.39 Å². The number of aryl methyl sites for hydroxylation is 1. The summed E-state index contributed by atoms with van der Waals surface area (Å²) in [5, 5.41) is 4.87. The lowest BCUT2D eigenvalue weighted by Crippen LogP contribution is -2.47. The molecule has 1 aliphatic rings. The van der Waals surface area contributed by atoms with Gasteiger partial charge >= 0.3 is 6.01 Å². The summed E-state index contributed by atoms with van der Waals surface area (Å²) in [6.45, 7) is 6.51. The van der Waals surface area contributed by atoms with Gasteiger partial charge in [0.15, 0.2) is 0 Å². The van der Waals surface area contributed by atoms with Crippen molar-refractivity contribution in [1.82, 2.24) is 15.0 Å². The summed E-state index contributed by atoms with van der Waals surface area (Å²) in [6, 6.07) is 13.5. The number of rotatable bonds is 6. The minimum atomic E-state index is -0.199. The topological polar surface area (TPSA) is 45.4 Å². The van der Waals surface area contributed by atoms with Crippen LogP contribution in [-0.4, -0.2) is 47.8 Å². The lowest BCUT2D eigenvalue weighted by molar-refractivity contribution is 0.253. The molecule has 2 heterocycles. The first kappa shape index (κ1) is 19.9. The second kappa shape index (κ2) is 8.93. The number of anilines is 1. The predicted octanol–water partition coefficient (Wildman–Crippen LogP) is 4.46. The van der Waals surface area contributed by atoms with E-state index in [1.807, 2.05) is 19.1 Å². The molecule has 4 rings (SSSR count). The van der Waals surface area contributed by atoms with Crippen molar-refractivity contribution < 1.29 is 8.91 Å². The average Bonchev–Trinajstić information content (AvgIpc) is 3.24. The highest BCUT2D eigenvalue weighted by Crippen LogP contribution is 2.23. The average molecular weight is 415 g/mol. The summed E-state index contributed by atoms with van der Waals surface area (Å²) in [7, 11) is 0. The normalized spacial score (nSPS) is 15.1. The molecule has 0 atom stereocenters. The molecule has 5 nitrogen and oxygen atoms in total. The molecule has 0 bridgehead atoms. The third kappa shape index (κ3) is 4.77. The predicted molar refractivity (Wildman–Crippen MR) is 113 cm³/mol. The zero-order valence-electron chi connectivity index (χ0n) is 16.4. The van der Waals surface area contributed by atoms with Crippen LogP contribution in [0.3, 0.4) is 0 Å². The lowest BCUT2D eigenvalue weighted by atomic mass is 10.1. The Morgan fingerprint density at radius 3 is 2.55 bits per heavy atom. The zero-order chi connectivity index (χ0) is 20.2. The first-order chi connectivity index (χ1) is 14.1. The van der Waals surface area contributed by atoms with Crippen LogP contribution in [0.2, 0.25) is 5.02 Å². The first-order valence-electron chi connectivity index (χ1n) is 9.96. The maximum atomic E-state index is 13.7. The fraction of sp³-hybridized carbons (Fsp3) is 0.364. The van der Waals surface area contributed by atoms with Gasteiger partial charge in [-0.05, 0) is 54.3 Å². The van der Waals surface area contributed by atoms with Crippen molar-refractivity contribution in [3.8, 4) is 11.4 Å². The van der Waals surface area contributed by atoms with E-state index in [0.717, 1.165) is 49.7 Å². The zero-order valence-corrected chi connectivity index (χ0v) is 17.2. The van der Waals surface area contributed by atoms with E-state index in [-0.39, 0.29) is 5.82 Å². The Morgan fingerprint density at radius 2 is 1.83 bits per heavy atom. The molecule has 0 aliphatic carbocycles. The molecule has 0 saturated carbocycles. The molecular weight excluding hydrogens is 391 g/mol. The van der Waals surface area contributed by atoms with Crippen molar-refractivity contribution in [2.75, 3.05) is 37.6 Å². The number of halogens is 2. The minimum absolute atomic E-state index is 0.199. The van der Waals surface area contributed by atoms with Gasteiger partial charge in [0.05, 0.1) is 0 Å². The molecule has 1 fully saturated rings. The fourth-order valence-corrected chi connectivity index (χ4v) is 3.67. The van der Waals surface area contributed by atoms with Gasteiger partial charge in [-0.2, -0.15) is 4.98 Å². The van der Waals surface area contributed by atoms with Gasteiger partial charge in [-0.3, -0.25) is 4.90 Å². The number of benzene rings is 2. The van der Waals surface area contributed by atoms with Crippen molar-refractivity contribution >= 4 is 17.6 Å². The van der Waals surface area contributed by atoms with E-state index in [0.29, 0.717) is 23.8 Å². The van der Waals surface area contributed by atoms with Crippen molar-refractivity contribution in [3.05, 3.63) is 64.4 Å². The quantitative estimate of drug-likeness (QED) is 0.596. The smallest absolute Gasteiger partial charge is 0.322 e. The van der Waals surface area contributed by atoms with E-state index in [2.05, 4.69) is 32.1 Å². The van der Waals surface area contributed by atoms with Gasteiger partial charge in [-0.1, -0.05) is 35.8 Å². The Kier molecular flexibility index (Phi) is 6.11. The molecule has 3 aromatic rings. The summed E-state index contributed by atoms with van der Waals surface area (Å²) in [5.74, 6) is 0.301. The number of hydrogen-bond donors (Lipinski definition) is 0. The van der Waals surface area contributed by atoms with Crippen LogP contribution in [-0.2, 0) is 12.8 Å². The van der Waals surface area contributed by atoms with Crippen LogP contribution in [0.5, 0.6) is 0 Å². The van der Waals surface area contributed by atoms with Crippen molar-refractivity contribution in [2.24, 2.45) is 0 Å². The van der Waals surface area contributed by atoms with Gasteiger partial charge in [0, 0.05) is 43.3 Å². The standard InChI is InChI=1S/C22H24ClFN4O/c1-2-17-15-18(5-8-20(17)24)21-25-22(29-26-21)28-13-11-27(12-14-28)10-9-16-3-6-19(23)7-4-16/h3-8,15H,2,9-14H2,1H3. The highest BCUT2D eigenvalue weighted by Gasteiger charge is 2.22. The van der Waals surface area contributed by atoms with Crippen LogP contribution in [0.4, 0.5) is 10.4 Å². The van der Waals surface area contributed by atoms with Gasteiger partial charge in [-0.25, -0.2) is 4.39 Å². The molecule has 2 aromatic carbocycles. The fourth-order valence-electron chi connectivity index (χ4n) is 3.55. The van der Waals surface area contributed by atoms with Gasteiger partial charge in [0.2, 0.25) is 5.82 Å². The van der Waals surface area contributed by atoms with Gasteiger partial charge in [0.25, 0.3) is 0 Å². The monoisotopic (exact) mass is 414 g/mol. The summed E-state index contributed by atoms with van der Waals surface area (Å²) in [6.07, 6.45) is 1.63. The molecule has 0 N–H and O–H groups in total. The van der Waals surface area contributed by atoms with Crippen molar-refractivity contribution in [1.29, 1.82) is 0 Å². The highest BCUT2D eigenvalue weighted by molar-refractivity contribution is 6.30. The highest BCUT2D eigenvalue weighted by atomic mass is 35.5. The maximum Gasteiger partial charge on any atom is 0.324 e. The molecule has 0 unspecified atom stereocenters. The van der Waals surface area contributed by atoms with Crippen LogP contribution in [0.15, 0.2) is 47.0 Å². The van der Waals surface area contributed by atoms with Crippen molar-refractivity contribution in [3.63, 3.8) is 0 Å². The second-order valence-corrected chi connectivity index (χ2v) is 7.70. The molecule has 0 radical (unpaired) electrons. The Hall–Kier alpha value is -2.44. The van der Waals surface area contributed by atoms with Gasteiger partial charge in [0.1, 0.15) is 5.82 Å². The van der Waals surface area contributed by atoms with Crippen LogP contribution in [0, 0.1) is 5.82 Å². The van der Waals surface area contributed by atoms with Crippen molar-refractivity contribution in [2.45, 2.75) is 19.8 Å². The number of hydrogen-bond acceptors (Lipinski definition) is 5. The van der Waals surface area contributed by atoms with Gasteiger partial charge < -0.3 is 9.42 Å². The number of piperazine rings is 1. The van der Waals surface area contributed by atoms with Gasteiger partial charge in [-0.15, -0.1) is 0 Å². The minimum Gasteiger partial charge on any atom is -0.322 e. The molecule has 29 heavy (non-hydrogen) atoms. The molecule has 1 aliphatic heterocycles. The Balaban J connectivity index is 1.33. The van der Waals surface area contributed by atoms with Crippen LogP contribution in [0.25, 0.3) is 11.4 Å². The van der Waals surface area contributed by atoms with Crippen LogP contribution < -0.4 is 4.90 Å². The lowest BCUT2D eigenvalue weighted by Gasteiger charge is -2.33. The number of aromatic nitrogens is 2. The summed E-state index contributed by atoms with van der Waals surface area (Å²) in [4.78, 5) is 9.08. The van der Waals surface area contributed by atoms with E-state index in [1.54, 1.807) is 12.1 Å². The number of nitrogens with zero attached hydrogens (tertiary/aromatic N) is 4. The molecule has 7 heteroatoms. The maximum absolute atomic E-state index is 13.7. The SMILES string of the molecule is CCc1cc(-c2noc(N3CCN(CCc4ccc(Cl)cc4)CC3)n2)ccc1F. The third-order valence-corrected chi connectivity index (χ3v) is 5.62. The largest absolute Gasteiger partial charge is 0.324 e. The van der Waals surface area contributed by atoms with E-state index in [1.165, 1.54) is 11.6 Å². The summed E-state index contributed by atoms with van der Waals surface area (Å²) >= 11 is 5.95. The Bertz CT molecular complexity index is 952. The molecular formula is C22H24ClFN4O. The molecule has 0 spiro atoms. The molecule has 1 saturated heterocycles. The van der Waals surface area contributed by atoms with Crippen LogP contribution >= 0.6 is 11.6 Å². The third-order valence-electron chi connectivity index (χ3n) is 5.37. The van der Waals surface area contributed by atoms with E-state index >= 15 is 0 Å². The second-order valence-electron chi connectivity index (χ2n) is 7.27. The van der Waals surface area contributed by atoms with E-state index < -0.39 is 0 Å². The van der Waals surface area contributed by atoms with Crippen LogP contribution in [0.1, 0.15) is 18.1 Å². The first-order valence-corrected chi connectivity index (χ1v) is 10.3. The summed E-state index contributed by atoms with van der Waals surface area (Å²) in [5.41, 5.74) is 2.73. The molecule has 152 valence electrons.